The molecule has 0 aliphatic heterocycles. The van der Waals surface area contributed by atoms with E-state index in [-0.39, 0.29) is 5.52 Å². The van der Waals surface area contributed by atoms with Crippen LogP contribution in [0.1, 0.15) is 10.4 Å². The number of ether oxygens (including phenoxy) is 1. The fraction of sp³-hybridized carbons (Fsp3) is 0.111. The van der Waals surface area contributed by atoms with Crippen LogP contribution in [0.25, 0.3) is 5.52 Å². The summed E-state index contributed by atoms with van der Waals surface area (Å²) in [5.74, 6) is -1.38. The summed E-state index contributed by atoms with van der Waals surface area (Å²) in [7, 11) is 1.11. The summed E-state index contributed by atoms with van der Waals surface area (Å²) in [4.78, 5) is 23.0. The van der Waals surface area contributed by atoms with Gasteiger partial charge in [0.25, 0.3) is 5.56 Å². The third-order valence-electron chi connectivity index (χ3n) is 2.17. The number of hydrogen-bond acceptors (Lipinski definition) is 4. The number of esters is 1. The Labute approximate surface area is 94.3 Å². The Morgan fingerprint density at radius 1 is 1.56 bits per heavy atom. The molecule has 0 aromatic carbocycles. The van der Waals surface area contributed by atoms with Gasteiger partial charge in [-0.05, 0) is 12.1 Å². The molecule has 0 saturated carbocycles. The highest BCUT2D eigenvalue weighted by molar-refractivity contribution is 6.15. The zero-order chi connectivity index (χ0) is 11.9. The van der Waals surface area contributed by atoms with Crippen LogP contribution in [0.15, 0.2) is 23.1 Å². The van der Waals surface area contributed by atoms with E-state index in [1.54, 1.807) is 6.07 Å². The number of carbonyl (C=O) groups excluding carboxylic acids is 1. The van der Waals surface area contributed by atoms with E-state index in [9.17, 15) is 14.7 Å². The molecule has 0 atom stereocenters. The number of aromatic nitrogens is 2. The molecule has 0 amide bonds. The normalized spacial score (nSPS) is 10.6. The van der Waals surface area contributed by atoms with E-state index in [2.05, 4.69) is 4.74 Å². The molecule has 0 radical (unpaired) electrons. The number of methoxy groups -OCH3 is 1. The summed E-state index contributed by atoms with van der Waals surface area (Å²) >= 11 is 5.69. The van der Waals surface area contributed by atoms with E-state index in [1.807, 2.05) is 0 Å². The van der Waals surface area contributed by atoms with Gasteiger partial charge in [-0.2, -0.15) is 0 Å². The van der Waals surface area contributed by atoms with Crippen LogP contribution in [0, 0.1) is 0 Å². The molecule has 0 aliphatic carbocycles. The van der Waals surface area contributed by atoms with Gasteiger partial charge in [0.2, 0.25) is 0 Å². The molecule has 6 nitrogen and oxygen atoms in total. The van der Waals surface area contributed by atoms with Crippen LogP contribution in [0.4, 0.5) is 0 Å². The minimum absolute atomic E-state index is 0.245. The Balaban J connectivity index is 2.94. The second-order valence-electron chi connectivity index (χ2n) is 3.02. The number of carbonyl (C=O) groups is 1. The van der Waals surface area contributed by atoms with Crippen LogP contribution in [0.2, 0.25) is 0 Å². The van der Waals surface area contributed by atoms with Gasteiger partial charge < -0.3 is 9.84 Å². The lowest BCUT2D eigenvalue weighted by Gasteiger charge is -2.07. The first-order chi connectivity index (χ1) is 7.57. The Morgan fingerprint density at radius 3 is 2.88 bits per heavy atom. The molecular formula is C9H7ClN2O4. The summed E-state index contributed by atoms with van der Waals surface area (Å²) in [5, 5.41) is 9.75. The maximum Gasteiger partial charge on any atom is 0.347 e. The highest BCUT2D eigenvalue weighted by atomic mass is 35.5. The molecule has 1 N–H and O–H groups in total. The number of fused-ring (bicyclic) bond motifs is 1. The van der Waals surface area contributed by atoms with E-state index in [1.165, 1.54) is 16.8 Å². The van der Waals surface area contributed by atoms with Crippen molar-refractivity contribution >= 4 is 23.3 Å². The number of rotatable bonds is 1. The van der Waals surface area contributed by atoms with Gasteiger partial charge in [-0.25, -0.2) is 9.31 Å². The second-order valence-corrected chi connectivity index (χ2v) is 3.34. The average molecular weight is 243 g/mol. The topological polar surface area (TPSA) is 72.9 Å². The van der Waals surface area contributed by atoms with E-state index in [0.717, 1.165) is 7.11 Å². The minimum atomic E-state index is -0.930. The summed E-state index contributed by atoms with van der Waals surface area (Å²) in [6, 6.07) is 3.09. The van der Waals surface area contributed by atoms with Gasteiger partial charge in [0.15, 0.2) is 11.3 Å². The van der Waals surface area contributed by atoms with Gasteiger partial charge in [0.1, 0.15) is 5.52 Å². The Bertz CT molecular complexity index is 628. The molecule has 2 heterocycles. The van der Waals surface area contributed by atoms with Gasteiger partial charge in [-0.1, -0.05) is 0 Å². The van der Waals surface area contributed by atoms with Crippen molar-refractivity contribution in [2.24, 2.45) is 0 Å². The Hall–Kier alpha value is -1.95. The fourth-order valence-electron chi connectivity index (χ4n) is 1.42. The summed E-state index contributed by atoms with van der Waals surface area (Å²) in [5.41, 5.74) is -1.08. The van der Waals surface area contributed by atoms with Crippen LogP contribution >= 0.6 is 11.8 Å². The molecule has 2 rings (SSSR count). The largest absolute Gasteiger partial charge is 0.505 e. The lowest BCUT2D eigenvalue weighted by Crippen LogP contribution is -2.26. The molecule has 0 saturated heterocycles. The van der Waals surface area contributed by atoms with Gasteiger partial charge >= 0.3 is 5.97 Å². The molecule has 84 valence electrons. The number of nitrogens with zero attached hydrogens (tertiary/aromatic N) is 2. The molecule has 0 spiro atoms. The molecule has 0 aliphatic rings. The van der Waals surface area contributed by atoms with Gasteiger partial charge in [0, 0.05) is 18.0 Å². The SMILES string of the molecule is COC(=O)c1c(O)c2cccn2n(Cl)c1=O. The van der Waals surface area contributed by atoms with Crippen molar-refractivity contribution in [2.75, 3.05) is 7.11 Å². The van der Waals surface area contributed by atoms with Crippen molar-refractivity contribution in [3.05, 3.63) is 34.2 Å². The molecule has 0 fully saturated rings. The average Bonchev–Trinajstić information content (AvgIpc) is 2.75. The van der Waals surface area contributed by atoms with E-state index >= 15 is 0 Å². The smallest absolute Gasteiger partial charge is 0.347 e. The lowest BCUT2D eigenvalue weighted by atomic mass is 10.2. The predicted octanol–water partition coefficient (Wildman–Crippen LogP) is 0.595. The van der Waals surface area contributed by atoms with Gasteiger partial charge in [0.05, 0.1) is 7.11 Å². The monoisotopic (exact) mass is 242 g/mol. The van der Waals surface area contributed by atoms with Crippen LogP contribution in [-0.4, -0.2) is 26.9 Å². The number of halogens is 1. The van der Waals surface area contributed by atoms with Crippen LogP contribution in [0.5, 0.6) is 5.75 Å². The molecule has 7 heteroatoms. The molecule has 0 bridgehead atoms. The van der Waals surface area contributed by atoms with Crippen LogP contribution < -0.4 is 5.56 Å². The predicted molar refractivity (Wildman–Crippen MR) is 55.9 cm³/mol. The molecule has 2 aromatic rings. The molecule has 0 unspecified atom stereocenters. The highest BCUT2D eigenvalue weighted by Gasteiger charge is 2.22. The first-order valence-corrected chi connectivity index (χ1v) is 4.61. The van der Waals surface area contributed by atoms with Crippen molar-refractivity contribution in [3.8, 4) is 5.75 Å². The van der Waals surface area contributed by atoms with Crippen LogP contribution in [0.3, 0.4) is 0 Å². The van der Waals surface area contributed by atoms with Gasteiger partial charge in [-0.15, -0.1) is 4.20 Å². The van der Waals surface area contributed by atoms with E-state index < -0.39 is 22.8 Å². The van der Waals surface area contributed by atoms with Gasteiger partial charge in [-0.3, -0.25) is 4.79 Å². The Kier molecular flexibility index (Phi) is 2.35. The summed E-state index contributed by atoms with van der Waals surface area (Å²) in [6.45, 7) is 0. The Morgan fingerprint density at radius 2 is 2.25 bits per heavy atom. The van der Waals surface area contributed by atoms with Crippen molar-refractivity contribution in [1.29, 1.82) is 0 Å². The van der Waals surface area contributed by atoms with Crippen molar-refractivity contribution < 1.29 is 14.6 Å². The highest BCUT2D eigenvalue weighted by Crippen LogP contribution is 2.21. The first-order valence-electron chi connectivity index (χ1n) is 4.27. The van der Waals surface area contributed by atoms with E-state index in [4.69, 9.17) is 11.8 Å². The standard InChI is InChI=1S/C9H7ClN2O4/c1-16-9(15)6-7(13)5-3-2-4-11(5)12(10)8(6)14/h2-4,13H,1H3. The van der Waals surface area contributed by atoms with Crippen molar-refractivity contribution in [1.82, 2.24) is 8.72 Å². The lowest BCUT2D eigenvalue weighted by molar-refractivity contribution is 0.0595. The minimum Gasteiger partial charge on any atom is -0.505 e. The maximum absolute atomic E-state index is 11.7. The molecule has 16 heavy (non-hydrogen) atoms. The van der Waals surface area contributed by atoms with Crippen molar-refractivity contribution in [3.63, 3.8) is 0 Å². The zero-order valence-electron chi connectivity index (χ0n) is 8.18. The van der Waals surface area contributed by atoms with Crippen LogP contribution in [-0.2, 0) is 4.74 Å². The quantitative estimate of drug-likeness (QED) is 0.743. The molecule has 2 aromatic heterocycles. The van der Waals surface area contributed by atoms with Crippen molar-refractivity contribution in [2.45, 2.75) is 0 Å². The second kappa shape index (κ2) is 3.57. The molecular weight excluding hydrogens is 236 g/mol. The third-order valence-corrected chi connectivity index (χ3v) is 2.48. The van der Waals surface area contributed by atoms with E-state index in [0.29, 0.717) is 4.20 Å². The fourth-order valence-corrected chi connectivity index (χ4v) is 1.63. The summed E-state index contributed by atoms with van der Waals surface area (Å²) in [6.07, 6.45) is 1.48. The maximum atomic E-state index is 11.7. The summed E-state index contributed by atoms with van der Waals surface area (Å²) < 4.78 is 6.31. The third kappa shape index (κ3) is 1.27. The zero-order valence-corrected chi connectivity index (χ0v) is 8.93. The number of hydrogen-bond donors (Lipinski definition) is 1. The first kappa shape index (κ1) is 10.6. The number of aromatic hydroxyl groups is 1.